The van der Waals surface area contributed by atoms with Crippen LogP contribution in [0, 0.1) is 11.8 Å². The topological polar surface area (TPSA) is 29.9 Å². The number of rotatable bonds is 7. The molecule has 19 heavy (non-hydrogen) atoms. The Morgan fingerprint density at radius 2 is 2.05 bits per heavy atom. The Hall–Kier alpha value is -0.830. The number of aromatic nitrogens is 2. The normalized spacial score (nSPS) is 23.7. The predicted octanol–water partition coefficient (Wildman–Crippen LogP) is 3.25. The van der Waals surface area contributed by atoms with Gasteiger partial charge in [-0.2, -0.15) is 5.10 Å². The minimum atomic E-state index is 0.854. The van der Waals surface area contributed by atoms with E-state index in [1.54, 1.807) is 0 Å². The van der Waals surface area contributed by atoms with Crippen molar-refractivity contribution in [2.75, 3.05) is 13.1 Å². The van der Waals surface area contributed by atoms with Crippen LogP contribution in [0.25, 0.3) is 0 Å². The fraction of sp³-hybridized carbons (Fsp3) is 0.812. The van der Waals surface area contributed by atoms with E-state index in [0.717, 1.165) is 24.9 Å². The molecular formula is C16H29N3. The van der Waals surface area contributed by atoms with Gasteiger partial charge in [0.25, 0.3) is 0 Å². The van der Waals surface area contributed by atoms with Crippen molar-refractivity contribution in [3.8, 4) is 0 Å². The summed E-state index contributed by atoms with van der Waals surface area (Å²) in [5, 5.41) is 8.02. The molecule has 1 aromatic rings. The van der Waals surface area contributed by atoms with Crippen LogP contribution < -0.4 is 5.32 Å². The number of hydrogen-bond donors (Lipinski definition) is 1. The van der Waals surface area contributed by atoms with Crippen LogP contribution >= 0.6 is 0 Å². The second kappa shape index (κ2) is 7.68. The molecule has 1 heterocycles. The summed E-state index contributed by atoms with van der Waals surface area (Å²) in [7, 11) is 0. The van der Waals surface area contributed by atoms with E-state index >= 15 is 0 Å². The molecular weight excluding hydrogens is 234 g/mol. The van der Waals surface area contributed by atoms with Crippen LogP contribution in [-0.2, 0) is 13.0 Å². The molecule has 1 aliphatic carbocycles. The van der Waals surface area contributed by atoms with Crippen molar-refractivity contribution in [1.82, 2.24) is 15.1 Å². The number of hydrogen-bond acceptors (Lipinski definition) is 2. The first-order valence-corrected chi connectivity index (χ1v) is 8.05. The average Bonchev–Trinajstić information content (AvgIpc) is 2.89. The third-order valence-electron chi connectivity index (χ3n) is 4.41. The molecule has 3 heteroatoms. The predicted molar refractivity (Wildman–Crippen MR) is 80.2 cm³/mol. The fourth-order valence-corrected chi connectivity index (χ4v) is 3.27. The molecule has 108 valence electrons. The molecule has 1 saturated carbocycles. The highest BCUT2D eigenvalue weighted by atomic mass is 15.3. The van der Waals surface area contributed by atoms with E-state index in [-0.39, 0.29) is 0 Å². The molecule has 1 aromatic heterocycles. The van der Waals surface area contributed by atoms with Crippen molar-refractivity contribution in [2.24, 2.45) is 11.8 Å². The molecule has 3 nitrogen and oxygen atoms in total. The van der Waals surface area contributed by atoms with Crippen LogP contribution in [0.5, 0.6) is 0 Å². The molecule has 0 bridgehead atoms. The summed E-state index contributed by atoms with van der Waals surface area (Å²) in [6.07, 6.45) is 12.4. The van der Waals surface area contributed by atoms with E-state index < -0.39 is 0 Å². The van der Waals surface area contributed by atoms with Gasteiger partial charge in [-0.05, 0) is 63.1 Å². The van der Waals surface area contributed by atoms with Crippen molar-refractivity contribution in [3.05, 3.63) is 18.0 Å². The van der Waals surface area contributed by atoms with Crippen LogP contribution in [-0.4, -0.2) is 22.9 Å². The molecule has 0 radical (unpaired) electrons. The summed E-state index contributed by atoms with van der Waals surface area (Å²) < 4.78 is 2.04. The quantitative estimate of drug-likeness (QED) is 0.765. The Kier molecular flexibility index (Phi) is 5.90. The SMILES string of the molecule is CCCNCC1CCCCC1Cc1cnn(CC)c1. The van der Waals surface area contributed by atoms with Gasteiger partial charge < -0.3 is 5.32 Å². The van der Waals surface area contributed by atoms with Gasteiger partial charge in [0.05, 0.1) is 6.20 Å². The van der Waals surface area contributed by atoms with E-state index in [1.165, 1.54) is 50.6 Å². The highest BCUT2D eigenvalue weighted by molar-refractivity contribution is 5.06. The van der Waals surface area contributed by atoms with Crippen LogP contribution in [0.2, 0.25) is 0 Å². The summed E-state index contributed by atoms with van der Waals surface area (Å²) in [5.41, 5.74) is 1.43. The first kappa shape index (κ1) is 14.6. The molecule has 0 saturated heterocycles. The lowest BCUT2D eigenvalue weighted by molar-refractivity contribution is 0.229. The lowest BCUT2D eigenvalue weighted by atomic mass is 9.76. The number of nitrogens with one attached hydrogen (secondary N) is 1. The largest absolute Gasteiger partial charge is 0.316 e. The van der Waals surface area contributed by atoms with Crippen LogP contribution in [0.3, 0.4) is 0 Å². The molecule has 1 N–H and O–H groups in total. The zero-order valence-electron chi connectivity index (χ0n) is 12.6. The van der Waals surface area contributed by atoms with Crippen LogP contribution in [0.4, 0.5) is 0 Å². The van der Waals surface area contributed by atoms with Gasteiger partial charge in [-0.25, -0.2) is 0 Å². The van der Waals surface area contributed by atoms with Crippen molar-refractivity contribution in [2.45, 2.75) is 58.9 Å². The summed E-state index contributed by atoms with van der Waals surface area (Å²) in [6, 6.07) is 0. The zero-order chi connectivity index (χ0) is 13.5. The van der Waals surface area contributed by atoms with Gasteiger partial charge in [-0.3, -0.25) is 4.68 Å². The molecule has 0 aromatic carbocycles. The maximum Gasteiger partial charge on any atom is 0.0521 e. The zero-order valence-corrected chi connectivity index (χ0v) is 12.6. The third kappa shape index (κ3) is 4.34. The minimum Gasteiger partial charge on any atom is -0.316 e. The van der Waals surface area contributed by atoms with Gasteiger partial charge in [0.2, 0.25) is 0 Å². The molecule has 2 rings (SSSR count). The fourth-order valence-electron chi connectivity index (χ4n) is 3.27. The molecule has 2 atom stereocenters. The lowest BCUT2D eigenvalue weighted by Gasteiger charge is -2.31. The second-order valence-corrected chi connectivity index (χ2v) is 5.92. The summed E-state index contributed by atoms with van der Waals surface area (Å²) >= 11 is 0. The first-order chi connectivity index (χ1) is 9.33. The molecule has 0 amide bonds. The van der Waals surface area contributed by atoms with Gasteiger partial charge in [-0.15, -0.1) is 0 Å². The maximum atomic E-state index is 4.40. The van der Waals surface area contributed by atoms with E-state index in [9.17, 15) is 0 Å². The third-order valence-corrected chi connectivity index (χ3v) is 4.41. The standard InChI is InChI=1S/C16H29N3/c1-3-9-17-12-16-8-6-5-7-15(16)10-14-11-18-19(4-2)13-14/h11,13,15-17H,3-10,12H2,1-2H3. The highest BCUT2D eigenvalue weighted by Crippen LogP contribution is 2.32. The highest BCUT2D eigenvalue weighted by Gasteiger charge is 2.25. The van der Waals surface area contributed by atoms with Gasteiger partial charge in [-0.1, -0.05) is 19.8 Å². The minimum absolute atomic E-state index is 0.854. The van der Waals surface area contributed by atoms with Crippen molar-refractivity contribution in [3.63, 3.8) is 0 Å². The van der Waals surface area contributed by atoms with E-state index in [4.69, 9.17) is 0 Å². The van der Waals surface area contributed by atoms with Crippen LogP contribution in [0.15, 0.2) is 12.4 Å². The van der Waals surface area contributed by atoms with Crippen molar-refractivity contribution in [1.29, 1.82) is 0 Å². The monoisotopic (exact) mass is 263 g/mol. The average molecular weight is 263 g/mol. The molecule has 0 spiro atoms. The van der Waals surface area contributed by atoms with E-state index in [1.807, 2.05) is 4.68 Å². The Morgan fingerprint density at radius 1 is 1.26 bits per heavy atom. The van der Waals surface area contributed by atoms with Gasteiger partial charge >= 0.3 is 0 Å². The van der Waals surface area contributed by atoms with Gasteiger partial charge in [0.15, 0.2) is 0 Å². The van der Waals surface area contributed by atoms with Crippen molar-refractivity contribution >= 4 is 0 Å². The Balaban J connectivity index is 1.87. The maximum absolute atomic E-state index is 4.40. The lowest BCUT2D eigenvalue weighted by Crippen LogP contribution is -2.32. The molecule has 1 fully saturated rings. The summed E-state index contributed by atoms with van der Waals surface area (Å²) in [5.74, 6) is 1.72. The first-order valence-electron chi connectivity index (χ1n) is 8.05. The summed E-state index contributed by atoms with van der Waals surface area (Å²) in [4.78, 5) is 0. The summed E-state index contributed by atoms with van der Waals surface area (Å²) in [6.45, 7) is 7.74. The van der Waals surface area contributed by atoms with Crippen molar-refractivity contribution < 1.29 is 0 Å². The molecule has 1 aliphatic rings. The Labute approximate surface area is 117 Å². The van der Waals surface area contributed by atoms with E-state index in [0.29, 0.717) is 0 Å². The van der Waals surface area contributed by atoms with Crippen LogP contribution in [0.1, 0.15) is 51.5 Å². The van der Waals surface area contributed by atoms with Gasteiger partial charge in [0.1, 0.15) is 0 Å². The number of aryl methyl sites for hydroxylation is 1. The second-order valence-electron chi connectivity index (χ2n) is 5.92. The number of nitrogens with zero attached hydrogens (tertiary/aromatic N) is 2. The molecule has 0 aliphatic heterocycles. The molecule has 2 unspecified atom stereocenters. The Morgan fingerprint density at radius 3 is 2.74 bits per heavy atom. The van der Waals surface area contributed by atoms with E-state index in [2.05, 4.69) is 36.7 Å². The van der Waals surface area contributed by atoms with Gasteiger partial charge in [0, 0.05) is 12.7 Å². The smallest absolute Gasteiger partial charge is 0.0521 e. The Bertz CT molecular complexity index is 359.